The van der Waals surface area contributed by atoms with E-state index < -0.39 is 23.3 Å². The molecule has 9 nitrogen and oxygen atoms in total. The van der Waals surface area contributed by atoms with E-state index in [1.807, 2.05) is 60.7 Å². The number of hydrogen-bond acceptors (Lipinski definition) is 8. The van der Waals surface area contributed by atoms with Crippen LogP contribution < -0.4 is 16.6 Å². The van der Waals surface area contributed by atoms with Gasteiger partial charge in [0, 0.05) is 11.3 Å². The summed E-state index contributed by atoms with van der Waals surface area (Å²) in [4.78, 5) is 56.7. The maximum absolute atomic E-state index is 13.3. The number of nitrogens with one attached hydrogen (secondary N) is 1. The van der Waals surface area contributed by atoms with Crippen LogP contribution in [-0.2, 0) is 22.5 Å². The molecule has 202 valence electrons. The summed E-state index contributed by atoms with van der Waals surface area (Å²) < 4.78 is 6.61. The van der Waals surface area contributed by atoms with E-state index in [1.54, 1.807) is 13.0 Å². The smallest absolute Gasteiger partial charge is 0.348 e. The van der Waals surface area contributed by atoms with Crippen LogP contribution in [0.15, 0.2) is 77.9 Å². The number of benzene rings is 2. The monoisotopic (exact) mass is 572 g/mol. The third kappa shape index (κ3) is 5.70. The van der Waals surface area contributed by atoms with Gasteiger partial charge in [-0.05, 0) is 29.7 Å². The minimum Gasteiger partial charge on any atom is -0.461 e. The van der Waals surface area contributed by atoms with Crippen molar-refractivity contribution < 1.29 is 19.1 Å². The van der Waals surface area contributed by atoms with E-state index >= 15 is 0 Å². The second-order valence-electron chi connectivity index (χ2n) is 8.92. The fourth-order valence-corrected chi connectivity index (χ4v) is 6.29. The molecule has 0 saturated heterocycles. The van der Waals surface area contributed by atoms with Crippen LogP contribution >= 0.6 is 22.7 Å². The van der Waals surface area contributed by atoms with Gasteiger partial charge < -0.3 is 15.8 Å². The fourth-order valence-electron chi connectivity index (χ4n) is 4.17. The summed E-state index contributed by atoms with van der Waals surface area (Å²) in [6, 6.07) is 20.7. The Bertz CT molecular complexity index is 1780. The molecule has 0 unspecified atom stereocenters. The van der Waals surface area contributed by atoms with E-state index in [4.69, 9.17) is 10.5 Å². The van der Waals surface area contributed by atoms with Crippen molar-refractivity contribution in [2.75, 3.05) is 11.9 Å². The van der Waals surface area contributed by atoms with Crippen LogP contribution in [-0.4, -0.2) is 33.9 Å². The first kappa shape index (κ1) is 27.0. The summed E-state index contributed by atoms with van der Waals surface area (Å²) >= 11 is 2.29. The number of hydrogen-bond donors (Lipinski definition) is 2. The number of amides is 2. The van der Waals surface area contributed by atoms with Gasteiger partial charge in [-0.1, -0.05) is 60.7 Å². The number of aromatic nitrogens is 2. The normalized spacial score (nSPS) is 10.9. The molecule has 0 aliphatic rings. The Morgan fingerprint density at radius 2 is 1.73 bits per heavy atom. The molecule has 5 aromatic rings. The Balaban J connectivity index is 1.32. The largest absolute Gasteiger partial charge is 0.461 e. The van der Waals surface area contributed by atoms with Gasteiger partial charge in [0.1, 0.15) is 21.3 Å². The predicted octanol–water partition coefficient (Wildman–Crippen LogP) is 4.63. The number of ether oxygens (including phenoxy) is 1. The Hall–Kier alpha value is -4.61. The number of anilines is 1. The number of thiophene rings is 2. The van der Waals surface area contributed by atoms with Crippen molar-refractivity contribution in [1.29, 1.82) is 0 Å². The van der Waals surface area contributed by atoms with Crippen LogP contribution in [0.1, 0.15) is 31.2 Å². The zero-order chi connectivity index (χ0) is 28.2. The van der Waals surface area contributed by atoms with Crippen LogP contribution in [0, 0.1) is 6.92 Å². The third-order valence-corrected chi connectivity index (χ3v) is 8.47. The number of nitrogens with two attached hydrogens (primary N) is 1. The summed E-state index contributed by atoms with van der Waals surface area (Å²) in [5, 5.41) is 3.26. The first-order chi connectivity index (χ1) is 19.3. The quantitative estimate of drug-likeness (QED) is 0.247. The lowest BCUT2D eigenvalue weighted by atomic mass is 10.1. The van der Waals surface area contributed by atoms with E-state index in [0.29, 0.717) is 26.7 Å². The van der Waals surface area contributed by atoms with Crippen molar-refractivity contribution in [1.82, 2.24) is 9.55 Å². The number of nitrogens with zero attached hydrogens (tertiary/aromatic N) is 2. The third-order valence-electron chi connectivity index (χ3n) is 6.19. The van der Waals surface area contributed by atoms with Crippen molar-refractivity contribution >= 4 is 55.7 Å². The molecule has 0 bridgehead atoms. The lowest BCUT2D eigenvalue weighted by Crippen LogP contribution is -2.28. The Morgan fingerprint density at radius 3 is 2.42 bits per heavy atom. The number of aryl methyl sites for hydroxylation is 1. The lowest BCUT2D eigenvalue weighted by Gasteiger charge is -2.07. The van der Waals surface area contributed by atoms with Gasteiger partial charge in [-0.2, -0.15) is 0 Å². The molecule has 2 amide bonds. The zero-order valence-corrected chi connectivity index (χ0v) is 23.0. The average molecular weight is 573 g/mol. The van der Waals surface area contributed by atoms with E-state index in [1.165, 1.54) is 17.7 Å². The molecule has 2 aromatic carbocycles. The van der Waals surface area contributed by atoms with E-state index in [2.05, 4.69) is 10.3 Å². The standard InChI is InChI=1S/C29H24N4O5S2/c1-17-23-27(40-24(17)29(37)38-13-12-18-8-4-2-5-9-18)31-16-33(28(23)36)15-22(34)32-26-20(25(30)35)14-21(39-26)19-10-6-3-7-11-19/h2-11,14,16H,12-13,15H2,1H3,(H2,30,35)(H,32,34). The van der Waals surface area contributed by atoms with E-state index in [0.717, 1.165) is 31.9 Å². The van der Waals surface area contributed by atoms with Crippen molar-refractivity contribution in [2.45, 2.75) is 19.9 Å². The molecule has 0 aliphatic heterocycles. The highest BCUT2D eigenvalue weighted by Crippen LogP contribution is 2.35. The molecule has 0 saturated carbocycles. The highest BCUT2D eigenvalue weighted by Gasteiger charge is 2.22. The molecular formula is C29H24N4O5S2. The summed E-state index contributed by atoms with van der Waals surface area (Å²) in [7, 11) is 0. The molecule has 0 atom stereocenters. The van der Waals surface area contributed by atoms with Crippen molar-refractivity contribution in [3.63, 3.8) is 0 Å². The van der Waals surface area contributed by atoms with Gasteiger partial charge in [0.05, 0.1) is 23.9 Å². The molecule has 3 aromatic heterocycles. The molecular weight excluding hydrogens is 548 g/mol. The van der Waals surface area contributed by atoms with Gasteiger partial charge in [0.25, 0.3) is 11.5 Å². The second-order valence-corrected chi connectivity index (χ2v) is 11.0. The number of primary amides is 1. The molecule has 0 radical (unpaired) electrons. The molecule has 5 rings (SSSR count). The Morgan fingerprint density at radius 1 is 1.02 bits per heavy atom. The molecule has 3 heterocycles. The van der Waals surface area contributed by atoms with Crippen molar-refractivity contribution in [3.05, 3.63) is 105 Å². The number of rotatable bonds is 9. The minimum absolute atomic E-state index is 0.183. The van der Waals surface area contributed by atoms with Crippen LogP contribution in [0.3, 0.4) is 0 Å². The van der Waals surface area contributed by atoms with Gasteiger partial charge in [0.2, 0.25) is 5.91 Å². The highest BCUT2D eigenvalue weighted by atomic mass is 32.1. The van der Waals surface area contributed by atoms with Gasteiger partial charge in [0.15, 0.2) is 0 Å². The maximum Gasteiger partial charge on any atom is 0.348 e. The second kappa shape index (κ2) is 11.6. The number of carbonyl (C=O) groups excluding carboxylic acids is 3. The number of carbonyl (C=O) groups is 3. The maximum atomic E-state index is 13.3. The molecule has 0 fully saturated rings. The first-order valence-corrected chi connectivity index (χ1v) is 13.9. The lowest BCUT2D eigenvalue weighted by molar-refractivity contribution is -0.116. The summed E-state index contributed by atoms with van der Waals surface area (Å²) in [6.07, 6.45) is 1.84. The van der Waals surface area contributed by atoms with E-state index in [9.17, 15) is 19.2 Å². The number of fused-ring (bicyclic) bond motifs is 1. The molecule has 40 heavy (non-hydrogen) atoms. The Kier molecular flexibility index (Phi) is 7.85. The minimum atomic E-state index is -0.675. The zero-order valence-electron chi connectivity index (χ0n) is 21.4. The van der Waals surface area contributed by atoms with Crippen molar-refractivity contribution in [3.8, 4) is 10.4 Å². The summed E-state index contributed by atoms with van der Waals surface area (Å²) in [6.45, 7) is 1.52. The van der Waals surface area contributed by atoms with E-state index in [-0.39, 0.29) is 24.1 Å². The highest BCUT2D eigenvalue weighted by molar-refractivity contribution is 7.20. The first-order valence-electron chi connectivity index (χ1n) is 12.3. The summed E-state index contributed by atoms with van der Waals surface area (Å²) in [5.74, 6) is -1.72. The topological polar surface area (TPSA) is 133 Å². The van der Waals surface area contributed by atoms with Crippen LogP contribution in [0.5, 0.6) is 0 Å². The van der Waals surface area contributed by atoms with Crippen molar-refractivity contribution in [2.24, 2.45) is 5.73 Å². The molecule has 0 spiro atoms. The molecule has 0 aliphatic carbocycles. The molecule has 11 heteroatoms. The van der Waals surface area contributed by atoms with Gasteiger partial charge in [-0.25, -0.2) is 9.78 Å². The molecule has 3 N–H and O–H groups in total. The summed E-state index contributed by atoms with van der Waals surface area (Å²) in [5.41, 5.74) is 7.65. The fraction of sp³-hybridized carbons (Fsp3) is 0.138. The van der Waals surface area contributed by atoms with Gasteiger partial charge >= 0.3 is 5.97 Å². The number of esters is 1. The van der Waals surface area contributed by atoms with Gasteiger partial charge in [-0.15, -0.1) is 22.7 Å². The predicted molar refractivity (Wildman–Crippen MR) is 156 cm³/mol. The SMILES string of the molecule is Cc1c(C(=O)OCCc2ccccc2)sc2ncn(CC(=O)Nc3sc(-c4ccccc4)cc3C(N)=O)c(=O)c12. The van der Waals surface area contributed by atoms with Crippen LogP contribution in [0.25, 0.3) is 20.7 Å². The van der Waals surface area contributed by atoms with Crippen LogP contribution in [0.2, 0.25) is 0 Å². The Labute approximate surface area is 236 Å². The van der Waals surface area contributed by atoms with Crippen LogP contribution in [0.4, 0.5) is 5.00 Å². The van der Waals surface area contributed by atoms with Gasteiger partial charge in [-0.3, -0.25) is 19.0 Å². The average Bonchev–Trinajstić information content (AvgIpc) is 3.53.